The fourth-order valence-electron chi connectivity index (χ4n) is 2.62. The minimum Gasteiger partial charge on any atom is -0.345 e. The highest BCUT2D eigenvalue weighted by atomic mass is 79.9. The van der Waals surface area contributed by atoms with Crippen LogP contribution in [0.4, 0.5) is 0 Å². The Morgan fingerprint density at radius 1 is 1.53 bits per heavy atom. The molecule has 1 aliphatic rings. The van der Waals surface area contributed by atoms with E-state index in [0.717, 1.165) is 29.6 Å². The second-order valence-electron chi connectivity index (χ2n) is 5.11. The van der Waals surface area contributed by atoms with Crippen LogP contribution in [-0.2, 0) is 7.05 Å². The third-order valence-corrected chi connectivity index (χ3v) is 3.95. The molecule has 3 nitrogen and oxygen atoms in total. The van der Waals surface area contributed by atoms with Crippen LogP contribution >= 0.6 is 15.9 Å². The number of hydrogen-bond donors (Lipinski definition) is 0. The Balaban J connectivity index is 2.22. The molecule has 0 bridgehead atoms. The maximum absolute atomic E-state index is 12.5. The molecule has 0 saturated carbocycles. The van der Waals surface area contributed by atoms with Crippen LogP contribution in [0.5, 0.6) is 0 Å². The highest BCUT2D eigenvalue weighted by molar-refractivity contribution is 9.10. The summed E-state index contributed by atoms with van der Waals surface area (Å²) in [5, 5.41) is 0. The van der Waals surface area contributed by atoms with E-state index >= 15 is 0 Å². The fraction of sp³-hybridized carbons (Fsp3) is 0.615. The zero-order chi connectivity index (χ0) is 12.6. The van der Waals surface area contributed by atoms with Gasteiger partial charge >= 0.3 is 0 Å². The Morgan fingerprint density at radius 2 is 2.24 bits per heavy atom. The van der Waals surface area contributed by atoms with Gasteiger partial charge < -0.3 is 9.47 Å². The zero-order valence-electron chi connectivity index (χ0n) is 10.6. The lowest BCUT2D eigenvalue weighted by Gasteiger charge is -2.27. The molecule has 1 aliphatic heterocycles. The van der Waals surface area contributed by atoms with Crippen LogP contribution in [0, 0.1) is 5.92 Å². The van der Waals surface area contributed by atoms with Crippen LogP contribution in [0.15, 0.2) is 16.7 Å². The van der Waals surface area contributed by atoms with Crippen molar-refractivity contribution in [2.45, 2.75) is 32.7 Å². The minimum absolute atomic E-state index is 0.161. The molecule has 1 aromatic heterocycles. The first kappa shape index (κ1) is 12.7. The van der Waals surface area contributed by atoms with Gasteiger partial charge in [-0.15, -0.1) is 0 Å². The summed E-state index contributed by atoms with van der Waals surface area (Å²) in [6.45, 7) is 5.28. The molecule has 94 valence electrons. The lowest BCUT2D eigenvalue weighted by Crippen LogP contribution is -2.39. The summed E-state index contributed by atoms with van der Waals surface area (Å²) in [4.78, 5) is 14.5. The van der Waals surface area contributed by atoms with Crippen LogP contribution < -0.4 is 0 Å². The number of halogens is 1. The van der Waals surface area contributed by atoms with Crippen LogP contribution in [0.25, 0.3) is 0 Å². The first-order chi connectivity index (χ1) is 8.00. The molecule has 1 saturated heterocycles. The number of hydrogen-bond acceptors (Lipinski definition) is 1. The van der Waals surface area contributed by atoms with Gasteiger partial charge in [0.25, 0.3) is 5.91 Å². The molecule has 4 heteroatoms. The van der Waals surface area contributed by atoms with Gasteiger partial charge in [-0.25, -0.2) is 0 Å². The molecule has 17 heavy (non-hydrogen) atoms. The van der Waals surface area contributed by atoms with E-state index in [1.165, 1.54) is 0 Å². The highest BCUT2D eigenvalue weighted by Crippen LogP contribution is 2.26. The summed E-state index contributed by atoms with van der Waals surface area (Å²) < 4.78 is 2.85. The highest BCUT2D eigenvalue weighted by Gasteiger charge is 2.32. The van der Waals surface area contributed by atoms with Crippen molar-refractivity contribution in [1.82, 2.24) is 9.47 Å². The molecule has 0 aromatic carbocycles. The number of aryl methyl sites for hydroxylation is 1. The van der Waals surface area contributed by atoms with Crippen LogP contribution in [0.1, 0.15) is 37.2 Å². The van der Waals surface area contributed by atoms with Crippen molar-refractivity contribution in [3.63, 3.8) is 0 Å². The maximum atomic E-state index is 12.5. The van der Waals surface area contributed by atoms with Gasteiger partial charge in [-0.05, 0) is 40.8 Å². The molecule has 1 unspecified atom stereocenters. The predicted octanol–water partition coefficient (Wildman–Crippen LogP) is 3.05. The molecule has 1 atom stereocenters. The van der Waals surface area contributed by atoms with Gasteiger partial charge in [-0.1, -0.05) is 13.8 Å². The van der Waals surface area contributed by atoms with Gasteiger partial charge in [0.15, 0.2) is 0 Å². The topological polar surface area (TPSA) is 25.2 Å². The van der Waals surface area contributed by atoms with Crippen molar-refractivity contribution in [3.8, 4) is 0 Å². The second-order valence-corrected chi connectivity index (χ2v) is 6.02. The van der Waals surface area contributed by atoms with Crippen molar-refractivity contribution in [3.05, 3.63) is 22.4 Å². The molecule has 0 aliphatic carbocycles. The summed E-state index contributed by atoms with van der Waals surface area (Å²) in [7, 11) is 1.92. The summed E-state index contributed by atoms with van der Waals surface area (Å²) in [6, 6.07) is 2.30. The molecule has 2 heterocycles. The lowest BCUT2D eigenvalue weighted by atomic mass is 10.0. The number of nitrogens with zero attached hydrogens (tertiary/aromatic N) is 2. The molecule has 0 radical (unpaired) electrons. The number of amides is 1. The molecule has 2 rings (SSSR count). The molecular weight excluding hydrogens is 280 g/mol. The van der Waals surface area contributed by atoms with Gasteiger partial charge in [-0.3, -0.25) is 4.79 Å². The van der Waals surface area contributed by atoms with E-state index in [-0.39, 0.29) is 5.91 Å². The average molecular weight is 299 g/mol. The summed E-state index contributed by atoms with van der Waals surface area (Å²) in [6.07, 6.45) is 4.18. The zero-order valence-corrected chi connectivity index (χ0v) is 12.2. The molecule has 1 amide bonds. The second kappa shape index (κ2) is 4.84. The van der Waals surface area contributed by atoms with E-state index in [4.69, 9.17) is 0 Å². The molecule has 0 spiro atoms. The van der Waals surface area contributed by atoms with E-state index in [2.05, 4.69) is 29.8 Å². The van der Waals surface area contributed by atoms with Crippen LogP contribution in [-0.4, -0.2) is 28.0 Å². The van der Waals surface area contributed by atoms with E-state index < -0.39 is 0 Å². The largest absolute Gasteiger partial charge is 0.345 e. The SMILES string of the molecule is CC(C)C1CCCN1C(=O)c1cc(Br)cn1C. The van der Waals surface area contributed by atoms with Crippen molar-refractivity contribution >= 4 is 21.8 Å². The quantitative estimate of drug-likeness (QED) is 0.824. The molecular formula is C13H19BrN2O. The van der Waals surface area contributed by atoms with Crippen LogP contribution in [0.2, 0.25) is 0 Å². The van der Waals surface area contributed by atoms with E-state index in [1.807, 2.05) is 28.8 Å². The van der Waals surface area contributed by atoms with Gasteiger partial charge in [0.1, 0.15) is 5.69 Å². The monoisotopic (exact) mass is 298 g/mol. The fourth-order valence-corrected chi connectivity index (χ4v) is 3.15. The van der Waals surface area contributed by atoms with Crippen molar-refractivity contribution in [2.24, 2.45) is 13.0 Å². The predicted molar refractivity (Wildman–Crippen MR) is 72.0 cm³/mol. The van der Waals surface area contributed by atoms with Crippen molar-refractivity contribution < 1.29 is 4.79 Å². The number of carbonyl (C=O) groups excluding carboxylic acids is 1. The van der Waals surface area contributed by atoms with Gasteiger partial charge in [0.05, 0.1) is 0 Å². The lowest BCUT2D eigenvalue weighted by molar-refractivity contribution is 0.0692. The van der Waals surface area contributed by atoms with Crippen LogP contribution in [0.3, 0.4) is 0 Å². The normalized spacial score (nSPS) is 20.3. The maximum Gasteiger partial charge on any atom is 0.270 e. The molecule has 1 aromatic rings. The standard InChI is InChI=1S/C13H19BrN2O/c1-9(2)11-5-4-6-16(11)13(17)12-7-10(14)8-15(12)3/h7-9,11H,4-6H2,1-3H3. The van der Waals surface area contributed by atoms with Gasteiger partial charge in [0.2, 0.25) is 0 Å². The van der Waals surface area contributed by atoms with E-state index in [9.17, 15) is 4.79 Å². The first-order valence-corrected chi connectivity index (χ1v) is 6.93. The van der Waals surface area contributed by atoms with E-state index in [1.54, 1.807) is 0 Å². The third-order valence-electron chi connectivity index (χ3n) is 3.52. The number of aromatic nitrogens is 1. The summed E-state index contributed by atoms with van der Waals surface area (Å²) >= 11 is 3.41. The Labute approximate surface area is 111 Å². The Bertz CT molecular complexity index is 425. The van der Waals surface area contributed by atoms with Crippen molar-refractivity contribution in [1.29, 1.82) is 0 Å². The number of carbonyl (C=O) groups is 1. The Morgan fingerprint density at radius 3 is 2.76 bits per heavy atom. The number of rotatable bonds is 2. The molecule has 1 fully saturated rings. The minimum atomic E-state index is 0.161. The third kappa shape index (κ3) is 2.41. The van der Waals surface area contributed by atoms with E-state index in [0.29, 0.717) is 12.0 Å². The van der Waals surface area contributed by atoms with Gasteiger partial charge in [-0.2, -0.15) is 0 Å². The first-order valence-electron chi connectivity index (χ1n) is 6.13. The smallest absolute Gasteiger partial charge is 0.270 e. The Kier molecular flexibility index (Phi) is 3.61. The average Bonchev–Trinajstić information content (AvgIpc) is 2.83. The van der Waals surface area contributed by atoms with Gasteiger partial charge in [0, 0.05) is 30.3 Å². The number of likely N-dealkylation sites (tertiary alicyclic amines) is 1. The summed E-state index contributed by atoms with van der Waals surface area (Å²) in [5.41, 5.74) is 0.768. The molecule has 0 N–H and O–H groups in total. The van der Waals surface area contributed by atoms with Crippen molar-refractivity contribution in [2.75, 3.05) is 6.54 Å². The summed E-state index contributed by atoms with van der Waals surface area (Å²) in [5.74, 6) is 0.694. The Hall–Kier alpha value is -0.770.